The van der Waals surface area contributed by atoms with Crippen LogP contribution in [0.3, 0.4) is 0 Å². The summed E-state index contributed by atoms with van der Waals surface area (Å²) >= 11 is 6.23. The molecule has 0 aliphatic rings. The van der Waals surface area contributed by atoms with Crippen molar-refractivity contribution in [3.63, 3.8) is 0 Å². The van der Waals surface area contributed by atoms with Crippen molar-refractivity contribution in [3.8, 4) is 5.75 Å². The molecule has 3 aromatic rings. The fourth-order valence-corrected chi connectivity index (χ4v) is 4.97. The van der Waals surface area contributed by atoms with Crippen molar-refractivity contribution in [2.24, 2.45) is 0 Å². The van der Waals surface area contributed by atoms with Gasteiger partial charge in [-0.1, -0.05) is 48.0 Å². The van der Waals surface area contributed by atoms with E-state index in [4.69, 9.17) is 11.6 Å². The zero-order valence-corrected chi connectivity index (χ0v) is 19.0. The van der Waals surface area contributed by atoms with Crippen LogP contribution in [-0.2, 0) is 10.0 Å². The van der Waals surface area contributed by atoms with Crippen molar-refractivity contribution in [1.82, 2.24) is 5.32 Å². The van der Waals surface area contributed by atoms with Crippen LogP contribution >= 0.6 is 11.6 Å². The van der Waals surface area contributed by atoms with Gasteiger partial charge in [-0.05, 0) is 55.0 Å². The number of nitrogens with one attached hydrogen (secondary N) is 1. The molecule has 0 fully saturated rings. The Labute approximate surface area is 192 Å². The minimum atomic E-state index is -4.02. The van der Waals surface area contributed by atoms with Crippen LogP contribution in [0.1, 0.15) is 28.9 Å². The Morgan fingerprint density at radius 1 is 1.12 bits per heavy atom. The fourth-order valence-electron chi connectivity index (χ4n) is 3.18. The number of nitrogens with zero attached hydrogens (tertiary/aromatic N) is 1. The Hall–Kier alpha value is -3.29. The summed E-state index contributed by atoms with van der Waals surface area (Å²) in [7, 11) is -4.02. The Kier molecular flexibility index (Phi) is 7.22. The van der Waals surface area contributed by atoms with E-state index in [0.717, 1.165) is 9.87 Å². The van der Waals surface area contributed by atoms with E-state index in [0.29, 0.717) is 5.69 Å². The van der Waals surface area contributed by atoms with Gasteiger partial charge in [0.25, 0.3) is 15.9 Å². The van der Waals surface area contributed by atoms with Gasteiger partial charge in [0.15, 0.2) is 0 Å². The fraction of sp³-hybridized carbons (Fsp3) is 0.125. The number of hydrogen-bond acceptors (Lipinski definition) is 4. The molecule has 1 atom stereocenters. The van der Waals surface area contributed by atoms with Gasteiger partial charge in [0, 0.05) is 5.56 Å². The summed E-state index contributed by atoms with van der Waals surface area (Å²) in [5.74, 6) is -0.343. The van der Waals surface area contributed by atoms with Gasteiger partial charge in [0.1, 0.15) is 5.75 Å². The normalized spacial score (nSPS) is 12.1. The monoisotopic (exact) mass is 470 g/mol. The van der Waals surface area contributed by atoms with Crippen molar-refractivity contribution >= 4 is 33.2 Å². The first-order chi connectivity index (χ1) is 15.2. The van der Waals surface area contributed by atoms with Crippen LogP contribution in [0.25, 0.3) is 0 Å². The van der Waals surface area contributed by atoms with E-state index in [1.807, 2.05) is 0 Å². The number of phenols is 1. The highest BCUT2D eigenvalue weighted by molar-refractivity contribution is 7.92. The molecule has 0 aromatic heterocycles. The molecule has 0 radical (unpaired) electrons. The van der Waals surface area contributed by atoms with Gasteiger partial charge in [-0.25, -0.2) is 8.42 Å². The third-order valence-electron chi connectivity index (χ3n) is 4.82. The van der Waals surface area contributed by atoms with Crippen molar-refractivity contribution in [2.75, 3.05) is 10.8 Å². The van der Waals surface area contributed by atoms with E-state index in [-0.39, 0.29) is 27.8 Å². The second-order valence-electron chi connectivity index (χ2n) is 7.09. The molecule has 6 nitrogen and oxygen atoms in total. The summed E-state index contributed by atoms with van der Waals surface area (Å²) < 4.78 is 27.9. The first kappa shape index (κ1) is 23.4. The zero-order chi connectivity index (χ0) is 23.3. The van der Waals surface area contributed by atoms with Crippen LogP contribution in [0.15, 0.2) is 90.3 Å². The number of amides is 1. The van der Waals surface area contributed by atoms with E-state index < -0.39 is 22.0 Å². The van der Waals surface area contributed by atoms with Crippen LogP contribution in [0.5, 0.6) is 5.75 Å². The maximum absolute atomic E-state index is 13.4. The number of carbonyl (C=O) groups is 1. The number of anilines is 1. The van der Waals surface area contributed by atoms with E-state index in [9.17, 15) is 18.3 Å². The Balaban J connectivity index is 1.90. The largest absolute Gasteiger partial charge is 0.508 e. The number of aromatic hydroxyl groups is 1. The lowest BCUT2D eigenvalue weighted by Gasteiger charge is -2.24. The number of rotatable bonds is 8. The minimum absolute atomic E-state index is 0.0109. The van der Waals surface area contributed by atoms with Gasteiger partial charge in [-0.3, -0.25) is 9.10 Å². The van der Waals surface area contributed by atoms with Crippen molar-refractivity contribution in [2.45, 2.75) is 17.9 Å². The van der Waals surface area contributed by atoms with Crippen molar-refractivity contribution in [1.29, 1.82) is 0 Å². The number of halogens is 1. The zero-order valence-electron chi connectivity index (χ0n) is 17.4. The molecule has 0 saturated carbocycles. The molecule has 2 N–H and O–H groups in total. The van der Waals surface area contributed by atoms with E-state index in [2.05, 4.69) is 11.9 Å². The Morgan fingerprint density at radius 2 is 1.84 bits per heavy atom. The Morgan fingerprint density at radius 3 is 2.53 bits per heavy atom. The second-order valence-corrected chi connectivity index (χ2v) is 9.36. The SMILES string of the molecule is C=CCN(c1ccccc1Cl)S(=O)(=O)c1cccc(C(=O)NC(C)c2cccc(O)c2)c1. The first-order valence-electron chi connectivity index (χ1n) is 9.82. The molecule has 3 aromatic carbocycles. The molecule has 3 rings (SSSR count). The number of phenolic OH excluding ortho intramolecular Hbond substituents is 1. The molecule has 0 saturated heterocycles. The maximum atomic E-state index is 13.4. The number of para-hydroxylation sites is 1. The van der Waals surface area contributed by atoms with Gasteiger partial charge >= 0.3 is 0 Å². The standard InChI is InChI=1S/C24H23ClN2O4S/c1-3-14-27(23-13-5-4-12-22(23)25)32(30,31)21-11-7-9-19(16-21)24(29)26-17(2)18-8-6-10-20(28)15-18/h3-13,15-17,28H,1,14H2,2H3,(H,26,29). The van der Waals surface area contributed by atoms with Gasteiger partial charge in [0.2, 0.25) is 0 Å². The van der Waals surface area contributed by atoms with Crippen molar-refractivity contribution < 1.29 is 18.3 Å². The molecule has 0 spiro atoms. The van der Waals surface area contributed by atoms with Crippen LogP contribution in [-0.4, -0.2) is 26.0 Å². The van der Waals surface area contributed by atoms with Crippen LogP contribution < -0.4 is 9.62 Å². The van der Waals surface area contributed by atoms with Gasteiger partial charge in [-0.15, -0.1) is 6.58 Å². The number of hydrogen-bond donors (Lipinski definition) is 2. The van der Waals surface area contributed by atoms with Gasteiger partial charge in [-0.2, -0.15) is 0 Å². The minimum Gasteiger partial charge on any atom is -0.508 e. The van der Waals surface area contributed by atoms with Crippen LogP contribution in [0, 0.1) is 0 Å². The van der Waals surface area contributed by atoms with E-state index in [1.54, 1.807) is 55.5 Å². The molecule has 0 aliphatic carbocycles. The molecule has 0 heterocycles. The van der Waals surface area contributed by atoms with Gasteiger partial charge < -0.3 is 10.4 Å². The molecule has 1 amide bonds. The van der Waals surface area contributed by atoms with E-state index in [1.165, 1.54) is 30.3 Å². The average molecular weight is 471 g/mol. The molecule has 32 heavy (non-hydrogen) atoms. The predicted molar refractivity (Wildman–Crippen MR) is 127 cm³/mol. The summed E-state index contributed by atoms with van der Waals surface area (Å²) in [6, 6.07) is 18.6. The lowest BCUT2D eigenvalue weighted by atomic mass is 10.1. The van der Waals surface area contributed by atoms with Gasteiger partial charge in [0.05, 0.1) is 28.2 Å². The Bertz CT molecular complexity index is 1240. The molecule has 0 bridgehead atoms. The van der Waals surface area contributed by atoms with Crippen LogP contribution in [0.4, 0.5) is 5.69 Å². The average Bonchev–Trinajstić information content (AvgIpc) is 2.78. The summed E-state index contributed by atoms with van der Waals surface area (Å²) in [6.45, 7) is 5.43. The topological polar surface area (TPSA) is 86.7 Å². The number of sulfonamides is 1. The van der Waals surface area contributed by atoms with Crippen molar-refractivity contribution in [3.05, 3.63) is 102 Å². The summed E-state index contributed by atoms with van der Waals surface area (Å²) in [5.41, 5.74) is 1.23. The number of benzene rings is 3. The highest BCUT2D eigenvalue weighted by Crippen LogP contribution is 2.30. The molecular weight excluding hydrogens is 448 g/mol. The molecule has 166 valence electrons. The van der Waals surface area contributed by atoms with Crippen LogP contribution in [0.2, 0.25) is 5.02 Å². The van der Waals surface area contributed by atoms with E-state index >= 15 is 0 Å². The lowest BCUT2D eigenvalue weighted by molar-refractivity contribution is 0.0939. The highest BCUT2D eigenvalue weighted by Gasteiger charge is 2.26. The number of carbonyl (C=O) groups excluding carboxylic acids is 1. The third-order valence-corrected chi connectivity index (χ3v) is 6.91. The predicted octanol–water partition coefficient (Wildman–Crippen LogP) is 4.92. The second kappa shape index (κ2) is 9.89. The molecule has 0 aliphatic heterocycles. The third kappa shape index (κ3) is 5.12. The summed E-state index contributed by atoms with van der Waals surface area (Å²) in [4.78, 5) is 12.7. The molecule has 1 unspecified atom stereocenters. The first-order valence-corrected chi connectivity index (χ1v) is 11.6. The summed E-state index contributed by atoms with van der Waals surface area (Å²) in [5, 5.41) is 12.7. The summed E-state index contributed by atoms with van der Waals surface area (Å²) in [6.07, 6.45) is 1.47. The molecule has 8 heteroatoms. The lowest BCUT2D eigenvalue weighted by Crippen LogP contribution is -2.32. The maximum Gasteiger partial charge on any atom is 0.264 e. The molecular formula is C24H23ClN2O4S. The smallest absolute Gasteiger partial charge is 0.264 e. The highest BCUT2D eigenvalue weighted by atomic mass is 35.5. The quantitative estimate of drug-likeness (QED) is 0.457.